The van der Waals surface area contributed by atoms with Crippen LogP contribution in [0.2, 0.25) is 0 Å². The molecule has 0 unspecified atom stereocenters. The lowest BCUT2D eigenvalue weighted by Crippen LogP contribution is -2.30. The van der Waals surface area contributed by atoms with Crippen LogP contribution in [0.15, 0.2) is 24.3 Å². The molecule has 0 radical (unpaired) electrons. The highest BCUT2D eigenvalue weighted by Gasteiger charge is 2.20. The van der Waals surface area contributed by atoms with Crippen molar-refractivity contribution in [3.63, 3.8) is 0 Å². The Morgan fingerprint density at radius 1 is 1.54 bits per heavy atom. The lowest BCUT2D eigenvalue weighted by molar-refractivity contribution is 0.413. The molecular formula is C10H12N2O. The highest BCUT2D eigenvalue weighted by atomic mass is 16.5. The lowest BCUT2D eigenvalue weighted by atomic mass is 9.95. The number of nitriles is 1. The normalized spacial score (nSPS) is 14.3. The molecule has 13 heavy (non-hydrogen) atoms. The van der Waals surface area contributed by atoms with Gasteiger partial charge in [-0.15, -0.1) is 0 Å². The molecule has 0 bridgehead atoms. The Labute approximate surface area is 77.7 Å². The molecule has 1 rings (SSSR count). The Kier molecular flexibility index (Phi) is 2.54. The van der Waals surface area contributed by atoms with Gasteiger partial charge in [-0.25, -0.2) is 0 Å². The predicted molar refractivity (Wildman–Crippen MR) is 50.1 cm³/mol. The summed E-state index contributed by atoms with van der Waals surface area (Å²) < 4.78 is 5.03. The Morgan fingerprint density at radius 2 is 2.23 bits per heavy atom. The molecule has 0 fully saturated rings. The summed E-state index contributed by atoms with van der Waals surface area (Å²) in [6, 6.07) is 9.24. The summed E-state index contributed by atoms with van der Waals surface area (Å²) in [7, 11) is 1.58. The van der Waals surface area contributed by atoms with Gasteiger partial charge in [-0.1, -0.05) is 12.1 Å². The van der Waals surface area contributed by atoms with E-state index >= 15 is 0 Å². The standard InChI is InChI=1S/C10H12N2O/c1-10(12,7-11)8-4-3-5-9(6-8)13-2/h3-6H,12H2,1-2H3/t10-/m1/s1. The summed E-state index contributed by atoms with van der Waals surface area (Å²) in [5.74, 6) is 0.712. The zero-order chi connectivity index (χ0) is 9.90. The number of rotatable bonds is 2. The Balaban J connectivity index is 3.10. The third kappa shape index (κ3) is 1.98. The van der Waals surface area contributed by atoms with E-state index in [1.54, 1.807) is 20.1 Å². The zero-order valence-corrected chi connectivity index (χ0v) is 7.74. The molecule has 0 aliphatic rings. The first-order chi connectivity index (χ1) is 6.10. The summed E-state index contributed by atoms with van der Waals surface area (Å²) >= 11 is 0. The van der Waals surface area contributed by atoms with E-state index < -0.39 is 5.54 Å². The summed E-state index contributed by atoms with van der Waals surface area (Å²) in [6.07, 6.45) is 0. The van der Waals surface area contributed by atoms with Crippen LogP contribution in [0.3, 0.4) is 0 Å². The summed E-state index contributed by atoms with van der Waals surface area (Å²) in [4.78, 5) is 0. The molecule has 3 heteroatoms. The lowest BCUT2D eigenvalue weighted by Gasteiger charge is -2.16. The van der Waals surface area contributed by atoms with Gasteiger partial charge in [0.25, 0.3) is 0 Å². The van der Waals surface area contributed by atoms with Crippen LogP contribution in [-0.2, 0) is 5.54 Å². The summed E-state index contributed by atoms with van der Waals surface area (Å²) in [6.45, 7) is 1.67. The Bertz CT molecular complexity index is 339. The van der Waals surface area contributed by atoms with E-state index in [0.29, 0.717) is 5.75 Å². The molecule has 0 spiro atoms. The second kappa shape index (κ2) is 3.46. The zero-order valence-electron chi connectivity index (χ0n) is 7.74. The van der Waals surface area contributed by atoms with E-state index in [-0.39, 0.29) is 0 Å². The van der Waals surface area contributed by atoms with E-state index in [4.69, 9.17) is 15.7 Å². The van der Waals surface area contributed by atoms with Crippen LogP contribution in [0, 0.1) is 11.3 Å². The second-order valence-electron chi connectivity index (χ2n) is 3.05. The van der Waals surface area contributed by atoms with Gasteiger partial charge < -0.3 is 10.5 Å². The molecule has 0 aliphatic heterocycles. The monoisotopic (exact) mass is 176 g/mol. The molecule has 1 atom stereocenters. The topological polar surface area (TPSA) is 59.0 Å². The van der Waals surface area contributed by atoms with Crippen molar-refractivity contribution in [1.29, 1.82) is 5.26 Å². The average Bonchev–Trinajstić information content (AvgIpc) is 2.18. The van der Waals surface area contributed by atoms with E-state index in [9.17, 15) is 0 Å². The van der Waals surface area contributed by atoms with Crippen molar-refractivity contribution in [2.75, 3.05) is 7.11 Å². The highest BCUT2D eigenvalue weighted by molar-refractivity contribution is 5.36. The van der Waals surface area contributed by atoms with Gasteiger partial charge in [0.15, 0.2) is 0 Å². The van der Waals surface area contributed by atoms with Crippen LogP contribution < -0.4 is 10.5 Å². The number of benzene rings is 1. The summed E-state index contributed by atoms with van der Waals surface area (Å²) in [5.41, 5.74) is 5.55. The molecule has 1 aromatic carbocycles. The van der Waals surface area contributed by atoms with Crippen molar-refractivity contribution in [2.24, 2.45) is 5.73 Å². The van der Waals surface area contributed by atoms with Gasteiger partial charge in [0.2, 0.25) is 0 Å². The molecule has 68 valence electrons. The Hall–Kier alpha value is -1.53. The van der Waals surface area contributed by atoms with Crippen molar-refractivity contribution in [3.8, 4) is 11.8 Å². The van der Waals surface area contributed by atoms with Crippen molar-refractivity contribution < 1.29 is 4.74 Å². The van der Waals surface area contributed by atoms with Gasteiger partial charge in [-0.2, -0.15) is 5.26 Å². The van der Waals surface area contributed by atoms with E-state index in [1.807, 2.05) is 24.3 Å². The molecule has 3 nitrogen and oxygen atoms in total. The quantitative estimate of drug-likeness (QED) is 0.740. The fraction of sp³-hybridized carbons (Fsp3) is 0.300. The predicted octanol–water partition coefficient (Wildman–Crippen LogP) is 1.39. The van der Waals surface area contributed by atoms with Crippen LogP contribution in [0.1, 0.15) is 12.5 Å². The number of ether oxygens (including phenoxy) is 1. The fourth-order valence-electron chi connectivity index (χ4n) is 1.01. The average molecular weight is 176 g/mol. The van der Waals surface area contributed by atoms with Gasteiger partial charge in [0.05, 0.1) is 13.2 Å². The van der Waals surface area contributed by atoms with Gasteiger partial charge in [0, 0.05) is 0 Å². The minimum absolute atomic E-state index is 0.712. The van der Waals surface area contributed by atoms with Crippen LogP contribution >= 0.6 is 0 Å². The molecule has 0 heterocycles. The third-order valence-electron chi connectivity index (χ3n) is 1.90. The van der Waals surface area contributed by atoms with Crippen molar-refractivity contribution in [3.05, 3.63) is 29.8 Å². The molecule has 2 N–H and O–H groups in total. The molecular weight excluding hydrogens is 164 g/mol. The number of hydrogen-bond acceptors (Lipinski definition) is 3. The SMILES string of the molecule is COc1cccc([C@](C)(N)C#N)c1. The smallest absolute Gasteiger partial charge is 0.127 e. The molecule has 1 aromatic rings. The maximum atomic E-state index is 8.80. The number of nitrogens with zero attached hydrogens (tertiary/aromatic N) is 1. The molecule has 0 aromatic heterocycles. The number of hydrogen-bond donors (Lipinski definition) is 1. The van der Waals surface area contributed by atoms with Crippen LogP contribution in [-0.4, -0.2) is 7.11 Å². The fourth-order valence-corrected chi connectivity index (χ4v) is 1.01. The molecule has 0 saturated carbocycles. The second-order valence-corrected chi connectivity index (χ2v) is 3.05. The van der Waals surface area contributed by atoms with Gasteiger partial charge in [0.1, 0.15) is 11.3 Å². The van der Waals surface area contributed by atoms with Crippen molar-refractivity contribution in [1.82, 2.24) is 0 Å². The van der Waals surface area contributed by atoms with Crippen LogP contribution in [0.5, 0.6) is 5.75 Å². The number of nitrogens with two attached hydrogens (primary N) is 1. The minimum Gasteiger partial charge on any atom is -0.497 e. The van der Waals surface area contributed by atoms with Crippen LogP contribution in [0.25, 0.3) is 0 Å². The first-order valence-corrected chi connectivity index (χ1v) is 3.95. The summed E-state index contributed by atoms with van der Waals surface area (Å²) in [5, 5.41) is 8.80. The van der Waals surface area contributed by atoms with Crippen LogP contribution in [0.4, 0.5) is 0 Å². The first kappa shape index (κ1) is 9.56. The van der Waals surface area contributed by atoms with Gasteiger partial charge in [-0.05, 0) is 24.6 Å². The van der Waals surface area contributed by atoms with E-state index in [1.165, 1.54) is 0 Å². The molecule has 0 saturated heterocycles. The highest BCUT2D eigenvalue weighted by Crippen LogP contribution is 2.21. The third-order valence-corrected chi connectivity index (χ3v) is 1.90. The molecule has 0 aliphatic carbocycles. The number of methoxy groups -OCH3 is 1. The first-order valence-electron chi connectivity index (χ1n) is 3.95. The van der Waals surface area contributed by atoms with E-state index in [2.05, 4.69) is 0 Å². The van der Waals surface area contributed by atoms with Crippen molar-refractivity contribution in [2.45, 2.75) is 12.5 Å². The van der Waals surface area contributed by atoms with E-state index in [0.717, 1.165) is 5.56 Å². The molecule has 0 amide bonds. The minimum atomic E-state index is -0.950. The maximum absolute atomic E-state index is 8.80. The Morgan fingerprint density at radius 3 is 2.77 bits per heavy atom. The van der Waals surface area contributed by atoms with Crippen molar-refractivity contribution >= 4 is 0 Å². The van der Waals surface area contributed by atoms with Gasteiger partial charge >= 0.3 is 0 Å². The van der Waals surface area contributed by atoms with Gasteiger partial charge in [-0.3, -0.25) is 0 Å². The largest absolute Gasteiger partial charge is 0.497 e. The maximum Gasteiger partial charge on any atom is 0.127 e.